The standard InChI is InChI=1S/C17H17NO5/c19-13-4-1-11(9-15(13)21)3-6-17(23)18-8-7-12-2-5-14(20)16(22)10-12/h1-6,9-10,19-22H,7-8H2,(H,18,23)/b6-3+. The number of nitrogens with one attached hydrogen (secondary N) is 1. The molecule has 2 rings (SSSR count). The molecule has 6 heteroatoms. The Labute approximate surface area is 133 Å². The van der Waals surface area contributed by atoms with Crippen molar-refractivity contribution in [1.82, 2.24) is 5.32 Å². The van der Waals surface area contributed by atoms with Crippen molar-refractivity contribution < 1.29 is 25.2 Å². The van der Waals surface area contributed by atoms with E-state index in [-0.39, 0.29) is 28.9 Å². The van der Waals surface area contributed by atoms with Crippen LogP contribution in [0, 0.1) is 0 Å². The molecule has 0 unspecified atom stereocenters. The summed E-state index contributed by atoms with van der Waals surface area (Å²) >= 11 is 0. The largest absolute Gasteiger partial charge is 0.504 e. The third-order valence-corrected chi connectivity index (χ3v) is 3.18. The Hall–Kier alpha value is -3.15. The number of amides is 1. The van der Waals surface area contributed by atoms with Crippen LogP contribution in [0.2, 0.25) is 0 Å². The van der Waals surface area contributed by atoms with Gasteiger partial charge in [-0.05, 0) is 47.9 Å². The van der Waals surface area contributed by atoms with Crippen molar-refractivity contribution in [2.45, 2.75) is 6.42 Å². The van der Waals surface area contributed by atoms with Gasteiger partial charge in [-0.15, -0.1) is 0 Å². The van der Waals surface area contributed by atoms with Gasteiger partial charge in [0.05, 0.1) is 0 Å². The molecule has 2 aromatic rings. The summed E-state index contributed by atoms with van der Waals surface area (Å²) in [6, 6.07) is 8.75. The van der Waals surface area contributed by atoms with Gasteiger partial charge in [-0.25, -0.2) is 0 Å². The van der Waals surface area contributed by atoms with E-state index in [1.54, 1.807) is 12.1 Å². The third-order valence-electron chi connectivity index (χ3n) is 3.18. The van der Waals surface area contributed by atoms with Crippen LogP contribution in [0.4, 0.5) is 0 Å². The summed E-state index contributed by atoms with van der Waals surface area (Å²) in [6.45, 7) is 0.369. The molecule has 0 saturated heterocycles. The second-order valence-electron chi connectivity index (χ2n) is 4.95. The van der Waals surface area contributed by atoms with Gasteiger partial charge in [0, 0.05) is 12.6 Å². The average Bonchev–Trinajstić information content (AvgIpc) is 2.52. The minimum absolute atomic E-state index is 0.183. The van der Waals surface area contributed by atoms with Crippen LogP contribution in [0.3, 0.4) is 0 Å². The fraction of sp³-hybridized carbons (Fsp3) is 0.118. The summed E-state index contributed by atoms with van der Waals surface area (Å²) in [6.07, 6.45) is 3.34. The van der Waals surface area contributed by atoms with E-state index in [1.165, 1.54) is 36.4 Å². The monoisotopic (exact) mass is 315 g/mol. The van der Waals surface area contributed by atoms with E-state index >= 15 is 0 Å². The molecule has 1 amide bonds. The molecule has 0 spiro atoms. The molecule has 0 fully saturated rings. The highest BCUT2D eigenvalue weighted by Gasteiger charge is 2.02. The predicted octanol–water partition coefficient (Wildman–Crippen LogP) is 1.88. The molecule has 0 saturated carbocycles. The summed E-state index contributed by atoms with van der Waals surface area (Å²) in [5.74, 6) is -1.15. The number of carbonyl (C=O) groups excluding carboxylic acids is 1. The molecule has 2 aromatic carbocycles. The number of aromatic hydroxyl groups is 4. The number of phenolic OH excluding ortho intramolecular Hbond substituents is 4. The molecule has 0 aromatic heterocycles. The summed E-state index contributed by atoms with van der Waals surface area (Å²) in [4.78, 5) is 11.7. The second kappa shape index (κ2) is 7.22. The van der Waals surface area contributed by atoms with Gasteiger partial charge in [0.15, 0.2) is 23.0 Å². The first-order valence-corrected chi connectivity index (χ1v) is 6.94. The fourth-order valence-electron chi connectivity index (χ4n) is 1.93. The molecule has 0 radical (unpaired) electrons. The van der Waals surface area contributed by atoms with E-state index in [2.05, 4.69) is 5.32 Å². The number of rotatable bonds is 5. The maximum absolute atomic E-state index is 11.7. The Morgan fingerprint density at radius 1 is 0.913 bits per heavy atom. The second-order valence-corrected chi connectivity index (χ2v) is 4.95. The summed E-state index contributed by atoms with van der Waals surface area (Å²) in [5, 5.41) is 39.8. The molecular weight excluding hydrogens is 298 g/mol. The Morgan fingerprint density at radius 2 is 1.57 bits per heavy atom. The molecule has 0 atom stereocenters. The lowest BCUT2D eigenvalue weighted by Crippen LogP contribution is -2.23. The van der Waals surface area contributed by atoms with Crippen LogP contribution < -0.4 is 5.32 Å². The molecular formula is C17H17NO5. The molecule has 0 aliphatic carbocycles. The lowest BCUT2D eigenvalue weighted by molar-refractivity contribution is -0.116. The minimum Gasteiger partial charge on any atom is -0.504 e. The lowest BCUT2D eigenvalue weighted by Gasteiger charge is -2.04. The van der Waals surface area contributed by atoms with Crippen molar-refractivity contribution in [3.63, 3.8) is 0 Å². The maximum atomic E-state index is 11.7. The highest BCUT2D eigenvalue weighted by atomic mass is 16.3. The zero-order chi connectivity index (χ0) is 16.8. The third kappa shape index (κ3) is 4.67. The fourth-order valence-corrected chi connectivity index (χ4v) is 1.93. The number of carbonyl (C=O) groups is 1. The molecule has 0 bridgehead atoms. The van der Waals surface area contributed by atoms with Crippen LogP contribution in [0.1, 0.15) is 11.1 Å². The van der Waals surface area contributed by atoms with Crippen molar-refractivity contribution >= 4 is 12.0 Å². The van der Waals surface area contributed by atoms with Gasteiger partial charge in [0.25, 0.3) is 0 Å². The zero-order valence-electron chi connectivity index (χ0n) is 12.2. The first kappa shape index (κ1) is 16.2. The van der Waals surface area contributed by atoms with Crippen LogP contribution in [0.25, 0.3) is 6.08 Å². The summed E-state index contributed by atoms with van der Waals surface area (Å²) in [7, 11) is 0. The average molecular weight is 315 g/mol. The Balaban J connectivity index is 1.83. The van der Waals surface area contributed by atoms with Crippen molar-refractivity contribution in [1.29, 1.82) is 0 Å². The highest BCUT2D eigenvalue weighted by molar-refractivity contribution is 5.91. The number of hydrogen-bond donors (Lipinski definition) is 5. The predicted molar refractivity (Wildman–Crippen MR) is 85.3 cm³/mol. The maximum Gasteiger partial charge on any atom is 0.244 e. The number of phenols is 4. The van der Waals surface area contributed by atoms with Crippen molar-refractivity contribution in [2.24, 2.45) is 0 Å². The molecule has 23 heavy (non-hydrogen) atoms. The quantitative estimate of drug-likeness (QED) is 0.427. The Kier molecular flexibility index (Phi) is 5.09. The molecule has 0 heterocycles. The van der Waals surface area contributed by atoms with Crippen LogP contribution in [0.15, 0.2) is 42.5 Å². The van der Waals surface area contributed by atoms with E-state index in [0.717, 1.165) is 5.56 Å². The SMILES string of the molecule is O=C(/C=C/c1ccc(O)c(O)c1)NCCc1ccc(O)c(O)c1. The Morgan fingerprint density at radius 3 is 2.22 bits per heavy atom. The van der Waals surface area contributed by atoms with Crippen LogP contribution in [-0.2, 0) is 11.2 Å². The van der Waals surface area contributed by atoms with Gasteiger partial charge >= 0.3 is 0 Å². The van der Waals surface area contributed by atoms with Crippen molar-refractivity contribution in [3.05, 3.63) is 53.6 Å². The summed E-state index contributed by atoms with van der Waals surface area (Å²) < 4.78 is 0. The molecule has 6 nitrogen and oxygen atoms in total. The lowest BCUT2D eigenvalue weighted by atomic mass is 10.1. The zero-order valence-corrected chi connectivity index (χ0v) is 12.2. The van der Waals surface area contributed by atoms with Crippen molar-refractivity contribution in [2.75, 3.05) is 6.54 Å². The minimum atomic E-state index is -0.305. The van der Waals surface area contributed by atoms with Gasteiger partial charge < -0.3 is 25.7 Å². The van der Waals surface area contributed by atoms with E-state index in [0.29, 0.717) is 18.5 Å². The van der Waals surface area contributed by atoms with Crippen LogP contribution >= 0.6 is 0 Å². The topological polar surface area (TPSA) is 110 Å². The van der Waals surface area contributed by atoms with Gasteiger partial charge in [-0.3, -0.25) is 4.79 Å². The van der Waals surface area contributed by atoms with Gasteiger partial charge in [0.1, 0.15) is 0 Å². The molecule has 120 valence electrons. The number of hydrogen-bond acceptors (Lipinski definition) is 5. The number of benzene rings is 2. The van der Waals surface area contributed by atoms with E-state index in [4.69, 9.17) is 0 Å². The smallest absolute Gasteiger partial charge is 0.244 e. The summed E-state index contributed by atoms with van der Waals surface area (Å²) in [5.41, 5.74) is 1.37. The van der Waals surface area contributed by atoms with Crippen LogP contribution in [-0.4, -0.2) is 32.9 Å². The normalized spacial score (nSPS) is 10.8. The first-order chi connectivity index (χ1) is 11.0. The van der Waals surface area contributed by atoms with Gasteiger partial charge in [-0.1, -0.05) is 12.1 Å². The van der Waals surface area contributed by atoms with Gasteiger partial charge in [0.2, 0.25) is 5.91 Å². The molecule has 0 aliphatic rings. The van der Waals surface area contributed by atoms with Crippen molar-refractivity contribution in [3.8, 4) is 23.0 Å². The Bertz CT molecular complexity index is 740. The molecule has 0 aliphatic heterocycles. The van der Waals surface area contributed by atoms with E-state index in [1.807, 2.05) is 0 Å². The van der Waals surface area contributed by atoms with Crippen LogP contribution in [0.5, 0.6) is 23.0 Å². The van der Waals surface area contributed by atoms with Gasteiger partial charge in [-0.2, -0.15) is 0 Å². The highest BCUT2D eigenvalue weighted by Crippen LogP contribution is 2.25. The van der Waals surface area contributed by atoms with E-state index in [9.17, 15) is 25.2 Å². The first-order valence-electron chi connectivity index (χ1n) is 6.94. The van der Waals surface area contributed by atoms with E-state index < -0.39 is 0 Å². The molecule has 5 N–H and O–H groups in total.